The maximum atomic E-state index is 13.0. The third-order valence-electron chi connectivity index (χ3n) is 6.29. The van der Waals surface area contributed by atoms with E-state index in [9.17, 15) is 9.90 Å². The van der Waals surface area contributed by atoms with E-state index >= 15 is 0 Å². The molecule has 0 saturated carbocycles. The number of phenolic OH excluding ortho intramolecular Hbond substituents is 1. The normalized spacial score (nSPS) is 19.9. The van der Waals surface area contributed by atoms with Crippen LogP contribution in [0.5, 0.6) is 5.75 Å². The molecule has 0 radical (unpaired) electrons. The Balaban J connectivity index is 1.34. The van der Waals surface area contributed by atoms with Crippen molar-refractivity contribution in [1.82, 2.24) is 4.90 Å². The summed E-state index contributed by atoms with van der Waals surface area (Å²) in [6, 6.07) is 16.3. The highest BCUT2D eigenvalue weighted by molar-refractivity contribution is 5.77. The van der Waals surface area contributed by atoms with Crippen LogP contribution in [0.4, 0.5) is 5.69 Å². The van der Waals surface area contributed by atoms with Crippen molar-refractivity contribution in [2.75, 3.05) is 44.7 Å². The molecule has 0 bridgehead atoms. The van der Waals surface area contributed by atoms with E-state index in [2.05, 4.69) is 29.2 Å². The smallest absolute Gasteiger partial charge is 0.278 e. The summed E-state index contributed by atoms with van der Waals surface area (Å²) >= 11 is 0. The third kappa shape index (κ3) is 3.85. The summed E-state index contributed by atoms with van der Waals surface area (Å²) in [5.41, 5.74) is 3.61. The highest BCUT2D eigenvalue weighted by Gasteiger charge is 2.30. The van der Waals surface area contributed by atoms with E-state index in [0.29, 0.717) is 12.3 Å². The second kappa shape index (κ2) is 8.23. The summed E-state index contributed by atoms with van der Waals surface area (Å²) in [6.07, 6.45) is 3.31. The Morgan fingerprint density at radius 3 is 2.64 bits per heavy atom. The van der Waals surface area contributed by atoms with Gasteiger partial charge in [0.1, 0.15) is 5.75 Å². The van der Waals surface area contributed by atoms with E-state index in [1.165, 1.54) is 16.0 Å². The molecule has 2 aromatic rings. The number of amides is 1. The minimum atomic E-state index is 0.208. The summed E-state index contributed by atoms with van der Waals surface area (Å²) in [6.45, 7) is 4.08. The summed E-state index contributed by atoms with van der Waals surface area (Å²) in [5.74, 6) is 0.561. The number of benzene rings is 2. The van der Waals surface area contributed by atoms with Crippen molar-refractivity contribution in [2.45, 2.75) is 25.3 Å². The number of phenols is 1. The Labute approximate surface area is 167 Å². The lowest BCUT2D eigenvalue weighted by Gasteiger charge is -2.36. The van der Waals surface area contributed by atoms with Gasteiger partial charge in [0, 0.05) is 7.05 Å². The maximum Gasteiger partial charge on any atom is 0.278 e. The van der Waals surface area contributed by atoms with Gasteiger partial charge >= 0.3 is 0 Å². The average Bonchev–Trinajstić information content (AvgIpc) is 2.74. The van der Waals surface area contributed by atoms with Crippen LogP contribution < -0.4 is 9.80 Å². The van der Waals surface area contributed by atoms with Gasteiger partial charge in [-0.25, -0.2) is 0 Å². The van der Waals surface area contributed by atoms with Crippen molar-refractivity contribution in [3.8, 4) is 5.75 Å². The average molecular weight is 381 g/mol. The van der Waals surface area contributed by atoms with Crippen molar-refractivity contribution in [3.63, 3.8) is 0 Å². The number of hydrogen-bond donors (Lipinski definition) is 2. The van der Waals surface area contributed by atoms with Gasteiger partial charge in [-0.3, -0.25) is 4.79 Å². The minimum absolute atomic E-state index is 0.208. The lowest BCUT2D eigenvalue weighted by atomic mass is 9.87. The predicted molar refractivity (Wildman–Crippen MR) is 111 cm³/mol. The van der Waals surface area contributed by atoms with E-state index in [-0.39, 0.29) is 11.9 Å². The van der Waals surface area contributed by atoms with Crippen molar-refractivity contribution in [2.24, 2.45) is 0 Å². The molecular formula is C23H30N3O2+. The molecule has 5 nitrogen and oxygen atoms in total. The Bertz CT molecular complexity index is 830. The molecule has 5 heteroatoms. The Kier molecular flexibility index (Phi) is 5.53. The van der Waals surface area contributed by atoms with E-state index in [1.807, 2.05) is 30.1 Å². The van der Waals surface area contributed by atoms with Crippen molar-refractivity contribution < 1.29 is 14.8 Å². The standard InChI is InChI=1S/C23H29N3O2/c1-24(20-11-6-8-18-7-2-3-9-19(18)20)23(28)17-25-13-15-26(16-14-25)21-10-4-5-12-22(21)27/h2-5,7,9-10,12,20,27H,6,8,11,13-17H2,1H3/p+1/t20-/m0/s1. The molecule has 28 heavy (non-hydrogen) atoms. The molecule has 148 valence electrons. The van der Waals surface area contributed by atoms with Gasteiger partial charge in [0.25, 0.3) is 5.91 Å². The highest BCUT2D eigenvalue weighted by Crippen LogP contribution is 2.33. The molecule has 2 aliphatic rings. The molecule has 1 amide bonds. The van der Waals surface area contributed by atoms with Crippen molar-refractivity contribution >= 4 is 11.6 Å². The maximum absolute atomic E-state index is 13.0. The number of nitrogens with zero attached hydrogens (tertiary/aromatic N) is 2. The molecular weight excluding hydrogens is 350 g/mol. The first kappa shape index (κ1) is 18.8. The molecule has 0 unspecified atom stereocenters. The number of anilines is 1. The quantitative estimate of drug-likeness (QED) is 0.848. The Hall–Kier alpha value is -2.53. The van der Waals surface area contributed by atoms with Gasteiger partial charge in [0.15, 0.2) is 6.54 Å². The highest BCUT2D eigenvalue weighted by atomic mass is 16.3. The van der Waals surface area contributed by atoms with Crippen LogP contribution in [-0.2, 0) is 11.2 Å². The SMILES string of the molecule is CN(C(=O)C[NH+]1CCN(c2ccccc2O)CC1)[C@H]1CCCc2ccccc21. The zero-order valence-electron chi connectivity index (χ0n) is 16.6. The number of likely N-dealkylation sites (N-methyl/N-ethyl adjacent to an activating group) is 1. The topological polar surface area (TPSA) is 48.2 Å². The van der Waals surface area contributed by atoms with Crippen LogP contribution in [0.3, 0.4) is 0 Å². The number of rotatable bonds is 4. The molecule has 0 aromatic heterocycles. The van der Waals surface area contributed by atoms with Crippen LogP contribution in [0.15, 0.2) is 48.5 Å². The van der Waals surface area contributed by atoms with Crippen LogP contribution >= 0.6 is 0 Å². The van der Waals surface area contributed by atoms with E-state index in [1.54, 1.807) is 6.07 Å². The minimum Gasteiger partial charge on any atom is -0.506 e. The van der Waals surface area contributed by atoms with Gasteiger partial charge in [0.05, 0.1) is 37.9 Å². The predicted octanol–water partition coefficient (Wildman–Crippen LogP) is 1.63. The van der Waals surface area contributed by atoms with Gasteiger partial charge in [-0.15, -0.1) is 0 Å². The number of carbonyl (C=O) groups is 1. The summed E-state index contributed by atoms with van der Waals surface area (Å²) in [4.78, 5) is 18.5. The second-order valence-corrected chi connectivity index (χ2v) is 8.01. The van der Waals surface area contributed by atoms with Gasteiger partial charge in [-0.05, 0) is 42.5 Å². The van der Waals surface area contributed by atoms with Crippen LogP contribution in [0.1, 0.15) is 30.0 Å². The fourth-order valence-corrected chi connectivity index (χ4v) is 4.62. The number of aromatic hydroxyl groups is 1. The molecule has 2 N–H and O–H groups in total. The molecule has 4 rings (SSSR count). The van der Waals surface area contributed by atoms with Gasteiger partial charge in [-0.2, -0.15) is 0 Å². The monoisotopic (exact) mass is 380 g/mol. The molecule has 1 heterocycles. The first-order chi connectivity index (χ1) is 13.6. The largest absolute Gasteiger partial charge is 0.506 e. The van der Waals surface area contributed by atoms with Crippen LogP contribution in [-0.4, -0.2) is 55.7 Å². The molecule has 1 aliphatic heterocycles. The molecule has 1 fully saturated rings. The Morgan fingerprint density at radius 1 is 1.14 bits per heavy atom. The Morgan fingerprint density at radius 2 is 1.86 bits per heavy atom. The van der Waals surface area contributed by atoms with Crippen molar-refractivity contribution in [3.05, 3.63) is 59.7 Å². The van der Waals surface area contributed by atoms with Crippen LogP contribution in [0, 0.1) is 0 Å². The second-order valence-electron chi connectivity index (χ2n) is 8.01. The first-order valence-corrected chi connectivity index (χ1v) is 10.3. The number of para-hydroxylation sites is 2. The number of piperazine rings is 1. The van der Waals surface area contributed by atoms with Gasteiger partial charge < -0.3 is 19.8 Å². The van der Waals surface area contributed by atoms with E-state index < -0.39 is 0 Å². The molecule has 1 saturated heterocycles. The molecule has 0 spiro atoms. The third-order valence-corrected chi connectivity index (χ3v) is 6.29. The fourth-order valence-electron chi connectivity index (χ4n) is 4.62. The van der Waals surface area contributed by atoms with Crippen molar-refractivity contribution in [1.29, 1.82) is 0 Å². The molecule has 1 aliphatic carbocycles. The summed E-state index contributed by atoms with van der Waals surface area (Å²) in [7, 11) is 1.97. The van der Waals surface area contributed by atoms with Gasteiger partial charge in [-0.1, -0.05) is 36.4 Å². The summed E-state index contributed by atoms with van der Waals surface area (Å²) < 4.78 is 0. The lowest BCUT2D eigenvalue weighted by molar-refractivity contribution is -0.892. The van der Waals surface area contributed by atoms with Gasteiger partial charge in [0.2, 0.25) is 0 Å². The van der Waals surface area contributed by atoms with E-state index in [4.69, 9.17) is 0 Å². The van der Waals surface area contributed by atoms with E-state index in [0.717, 1.165) is 51.1 Å². The number of carbonyl (C=O) groups excluding carboxylic acids is 1. The number of nitrogens with one attached hydrogen (secondary N) is 1. The number of quaternary nitrogens is 1. The lowest BCUT2D eigenvalue weighted by Crippen LogP contribution is -3.15. The molecule has 2 aromatic carbocycles. The number of aryl methyl sites for hydroxylation is 1. The van der Waals surface area contributed by atoms with Crippen LogP contribution in [0.25, 0.3) is 0 Å². The zero-order chi connectivity index (χ0) is 19.5. The number of fused-ring (bicyclic) bond motifs is 1. The molecule has 1 atom stereocenters. The number of hydrogen-bond acceptors (Lipinski definition) is 3. The van der Waals surface area contributed by atoms with Crippen LogP contribution in [0.2, 0.25) is 0 Å². The first-order valence-electron chi connectivity index (χ1n) is 10.3. The fraction of sp³-hybridized carbons (Fsp3) is 0.435. The summed E-state index contributed by atoms with van der Waals surface area (Å²) in [5, 5.41) is 10.1. The zero-order valence-corrected chi connectivity index (χ0v) is 16.6.